The number of amides is 2. The van der Waals surface area contributed by atoms with Gasteiger partial charge in [-0.1, -0.05) is 29.5 Å². The minimum atomic E-state index is -0.242. The molecule has 2 aromatic carbocycles. The molecule has 8 nitrogen and oxygen atoms in total. The lowest BCUT2D eigenvalue weighted by molar-refractivity contribution is -0.128. The number of rotatable bonds is 11. The number of benzene rings is 2. The second kappa shape index (κ2) is 13.6. The predicted molar refractivity (Wildman–Crippen MR) is 151 cm³/mol. The van der Waals surface area contributed by atoms with Crippen LogP contribution in [0.25, 0.3) is 10.2 Å². The van der Waals surface area contributed by atoms with Crippen molar-refractivity contribution >= 4 is 50.8 Å². The monoisotopic (exact) mass is 542 g/mol. The summed E-state index contributed by atoms with van der Waals surface area (Å²) in [5.74, 6) is 1.07. The molecule has 10 heteroatoms. The summed E-state index contributed by atoms with van der Waals surface area (Å²) in [6, 6.07) is 16.2. The Morgan fingerprint density at radius 3 is 2.51 bits per heavy atom. The lowest BCUT2D eigenvalue weighted by atomic mass is 10.2. The average Bonchev–Trinajstić information content (AvgIpc) is 3.25. The highest BCUT2D eigenvalue weighted by molar-refractivity contribution is 8.00. The maximum Gasteiger partial charge on any atom is 0.258 e. The second-order valence-electron chi connectivity index (χ2n) is 8.50. The smallest absolute Gasteiger partial charge is 0.258 e. The van der Waals surface area contributed by atoms with Crippen molar-refractivity contribution in [2.24, 2.45) is 4.99 Å². The zero-order chi connectivity index (χ0) is 26.0. The van der Waals surface area contributed by atoms with E-state index in [0.717, 1.165) is 29.1 Å². The molecule has 4 rings (SSSR count). The minimum absolute atomic E-state index is 0.0719. The van der Waals surface area contributed by atoms with Gasteiger partial charge < -0.3 is 23.8 Å². The number of hydrogen-bond acceptors (Lipinski definition) is 7. The van der Waals surface area contributed by atoms with Crippen LogP contribution in [-0.4, -0.2) is 78.8 Å². The van der Waals surface area contributed by atoms with Crippen molar-refractivity contribution in [3.8, 4) is 5.75 Å². The van der Waals surface area contributed by atoms with Crippen LogP contribution in [0.1, 0.15) is 13.8 Å². The van der Waals surface area contributed by atoms with E-state index in [1.165, 1.54) is 28.8 Å². The fourth-order valence-electron chi connectivity index (χ4n) is 4.22. The van der Waals surface area contributed by atoms with Crippen LogP contribution in [0.4, 0.5) is 5.69 Å². The topological polar surface area (TPSA) is 76.4 Å². The Bertz CT molecular complexity index is 1250. The summed E-state index contributed by atoms with van der Waals surface area (Å²) in [5.41, 5.74) is 2.18. The number of carbonyl (C=O) groups is 2. The van der Waals surface area contributed by atoms with Gasteiger partial charge >= 0.3 is 0 Å². The summed E-state index contributed by atoms with van der Waals surface area (Å²) >= 11 is 2.79. The molecule has 1 aliphatic heterocycles. The van der Waals surface area contributed by atoms with E-state index in [-0.39, 0.29) is 23.3 Å². The van der Waals surface area contributed by atoms with Gasteiger partial charge in [0.2, 0.25) is 5.91 Å². The van der Waals surface area contributed by atoms with Crippen molar-refractivity contribution in [1.29, 1.82) is 0 Å². The summed E-state index contributed by atoms with van der Waals surface area (Å²) < 4.78 is 14.2. The van der Waals surface area contributed by atoms with Crippen LogP contribution in [0.15, 0.2) is 53.5 Å². The third-order valence-electron chi connectivity index (χ3n) is 6.05. The summed E-state index contributed by atoms with van der Waals surface area (Å²) in [6.07, 6.45) is 0. The number of thioether (sulfide) groups is 1. The fraction of sp³-hybridized carbons (Fsp3) is 0.444. The summed E-state index contributed by atoms with van der Waals surface area (Å²) in [6.45, 7) is 9.29. The van der Waals surface area contributed by atoms with Gasteiger partial charge in [-0.25, -0.2) is 0 Å². The molecule has 1 aliphatic rings. The normalized spacial score (nSPS) is 14.4. The van der Waals surface area contributed by atoms with E-state index in [9.17, 15) is 9.59 Å². The van der Waals surface area contributed by atoms with Crippen LogP contribution in [0.3, 0.4) is 0 Å². The standard InChI is InChI=1S/C27H34N4O4S2/c1-3-34-17-16-31-23-11-10-22(35-4-2)18-24(23)37-27(31)28-25(32)19-36-20-26(33)30-14-12-29(13-15-30)21-8-6-5-7-9-21/h5-11,18H,3-4,12-17,19-20H2,1-2H3. The molecule has 0 atom stereocenters. The number of piperazine rings is 1. The first kappa shape index (κ1) is 27.2. The average molecular weight is 543 g/mol. The zero-order valence-corrected chi connectivity index (χ0v) is 23.1. The molecule has 1 aromatic heterocycles. The van der Waals surface area contributed by atoms with Crippen LogP contribution >= 0.6 is 23.1 Å². The van der Waals surface area contributed by atoms with E-state index in [1.807, 2.05) is 59.7 Å². The molecule has 0 bridgehead atoms. The first-order chi connectivity index (χ1) is 18.1. The van der Waals surface area contributed by atoms with Gasteiger partial charge in [0.05, 0.1) is 34.9 Å². The summed E-state index contributed by atoms with van der Waals surface area (Å²) in [5, 5.41) is 0. The van der Waals surface area contributed by atoms with Crippen LogP contribution in [0.2, 0.25) is 0 Å². The number of hydrogen-bond donors (Lipinski definition) is 0. The Morgan fingerprint density at radius 1 is 1.00 bits per heavy atom. The maximum absolute atomic E-state index is 12.7. The third-order valence-corrected chi connectivity index (χ3v) is 8.00. The van der Waals surface area contributed by atoms with Crippen LogP contribution in [0.5, 0.6) is 5.75 Å². The van der Waals surface area contributed by atoms with Gasteiger partial charge in [0.1, 0.15) is 5.75 Å². The highest BCUT2D eigenvalue weighted by Gasteiger charge is 2.21. The Morgan fingerprint density at radius 2 is 1.78 bits per heavy atom. The van der Waals surface area contributed by atoms with E-state index in [4.69, 9.17) is 9.47 Å². The van der Waals surface area contributed by atoms with Gasteiger partial charge in [-0.2, -0.15) is 4.99 Å². The highest BCUT2D eigenvalue weighted by Crippen LogP contribution is 2.23. The van der Waals surface area contributed by atoms with Crippen molar-refractivity contribution in [3.63, 3.8) is 0 Å². The molecule has 1 fully saturated rings. The minimum Gasteiger partial charge on any atom is -0.494 e. The third kappa shape index (κ3) is 7.37. The second-order valence-corrected chi connectivity index (χ2v) is 10.5. The molecule has 2 amide bonds. The van der Waals surface area contributed by atoms with E-state index < -0.39 is 0 Å². The predicted octanol–water partition coefficient (Wildman–Crippen LogP) is 3.65. The van der Waals surface area contributed by atoms with Crippen molar-refractivity contribution < 1.29 is 19.1 Å². The number of carbonyl (C=O) groups excluding carboxylic acids is 2. The van der Waals surface area contributed by atoms with Crippen LogP contribution in [0, 0.1) is 0 Å². The van der Waals surface area contributed by atoms with Crippen molar-refractivity contribution in [2.45, 2.75) is 20.4 Å². The largest absolute Gasteiger partial charge is 0.494 e. The molecule has 3 aromatic rings. The number of thiazole rings is 1. The molecule has 0 aliphatic carbocycles. The Balaban J connectivity index is 1.33. The molecule has 0 saturated carbocycles. The lowest BCUT2D eigenvalue weighted by Crippen LogP contribution is -2.49. The number of ether oxygens (including phenoxy) is 2. The quantitative estimate of drug-likeness (QED) is 0.345. The van der Waals surface area contributed by atoms with Gasteiger partial charge in [-0.15, -0.1) is 11.8 Å². The molecule has 1 saturated heterocycles. The van der Waals surface area contributed by atoms with Crippen molar-refractivity contribution in [3.05, 3.63) is 53.3 Å². The summed E-state index contributed by atoms with van der Waals surface area (Å²) in [7, 11) is 0. The number of para-hydroxylation sites is 1. The Hall–Kier alpha value is -2.82. The Labute approximate surface area is 225 Å². The van der Waals surface area contributed by atoms with Crippen LogP contribution in [-0.2, 0) is 20.9 Å². The number of nitrogens with zero attached hydrogens (tertiary/aromatic N) is 4. The molecule has 0 N–H and O–H groups in total. The van der Waals surface area contributed by atoms with Crippen molar-refractivity contribution in [1.82, 2.24) is 9.47 Å². The van der Waals surface area contributed by atoms with E-state index in [2.05, 4.69) is 22.0 Å². The van der Waals surface area contributed by atoms with Gasteiger partial charge in [-0.3, -0.25) is 9.59 Å². The van der Waals surface area contributed by atoms with Gasteiger partial charge in [0.15, 0.2) is 4.80 Å². The Kier molecular flexibility index (Phi) is 10.0. The number of fused-ring (bicyclic) bond motifs is 1. The fourth-order valence-corrected chi connectivity index (χ4v) is 6.02. The molecular weight excluding hydrogens is 508 g/mol. The molecule has 37 heavy (non-hydrogen) atoms. The van der Waals surface area contributed by atoms with Crippen molar-refractivity contribution in [2.75, 3.05) is 62.4 Å². The van der Waals surface area contributed by atoms with Gasteiger partial charge in [-0.05, 0) is 44.2 Å². The molecule has 0 radical (unpaired) electrons. The van der Waals surface area contributed by atoms with E-state index in [0.29, 0.717) is 44.3 Å². The first-order valence-corrected chi connectivity index (χ1v) is 14.6. The van der Waals surface area contributed by atoms with Gasteiger partial charge in [0.25, 0.3) is 5.91 Å². The molecule has 198 valence electrons. The maximum atomic E-state index is 12.7. The molecule has 0 unspecified atom stereocenters. The summed E-state index contributed by atoms with van der Waals surface area (Å²) in [4.78, 5) is 34.6. The molecular formula is C27H34N4O4S2. The van der Waals surface area contributed by atoms with Gasteiger partial charge in [0, 0.05) is 45.0 Å². The van der Waals surface area contributed by atoms with E-state index in [1.54, 1.807) is 0 Å². The number of aromatic nitrogens is 1. The van der Waals surface area contributed by atoms with E-state index >= 15 is 0 Å². The SMILES string of the molecule is CCOCCn1c(=NC(=O)CSCC(=O)N2CCN(c3ccccc3)CC2)sc2cc(OCC)ccc21. The molecule has 0 spiro atoms. The highest BCUT2D eigenvalue weighted by atomic mass is 32.2. The number of anilines is 1. The first-order valence-electron chi connectivity index (χ1n) is 12.7. The van der Waals surface area contributed by atoms with Crippen LogP contribution < -0.4 is 14.4 Å². The lowest BCUT2D eigenvalue weighted by Gasteiger charge is -2.36. The zero-order valence-electron chi connectivity index (χ0n) is 21.4. The molecule has 2 heterocycles.